The number of rotatable bonds is 11. The van der Waals surface area contributed by atoms with E-state index < -0.39 is 23.7 Å². The molecular formula is C48H38FN7O7S. The van der Waals surface area contributed by atoms with Crippen LogP contribution in [0.25, 0.3) is 32.2 Å². The SMILES string of the molecule is COc1cc2sc3c(c2cc1OC)CN(CCC(=O)OCc1cc(C#Cc2cccc4cc(C(C)NC(=O)c5c(N)nn6cccnc56)n(-c5ccccc5)c(=O)c24)ccc1F)C3=O. The maximum atomic E-state index is 15.0. The lowest BCUT2D eigenvalue weighted by Crippen LogP contribution is -2.32. The van der Waals surface area contributed by atoms with Gasteiger partial charge in [0.2, 0.25) is 0 Å². The molecule has 1 atom stereocenters. The van der Waals surface area contributed by atoms with Gasteiger partial charge >= 0.3 is 5.97 Å². The Morgan fingerprint density at radius 1 is 0.969 bits per heavy atom. The Labute approximate surface area is 368 Å². The summed E-state index contributed by atoms with van der Waals surface area (Å²) in [5.41, 5.74) is 9.09. The van der Waals surface area contributed by atoms with Crippen LogP contribution in [0, 0.1) is 17.7 Å². The number of fused-ring (bicyclic) bond motifs is 5. The topological polar surface area (TPSA) is 172 Å². The lowest BCUT2D eigenvalue weighted by Gasteiger charge is -2.21. The molecule has 0 saturated carbocycles. The number of carbonyl (C=O) groups is 3. The summed E-state index contributed by atoms with van der Waals surface area (Å²) in [6.07, 6.45) is 3.10. The Morgan fingerprint density at radius 2 is 1.77 bits per heavy atom. The Bertz CT molecular complexity index is 3320. The third-order valence-electron chi connectivity index (χ3n) is 11.0. The highest BCUT2D eigenvalue weighted by Gasteiger charge is 2.32. The number of hydrogen-bond acceptors (Lipinski definition) is 11. The molecule has 9 rings (SSSR count). The van der Waals surface area contributed by atoms with Crippen molar-refractivity contribution in [3.63, 3.8) is 0 Å². The molecule has 0 saturated heterocycles. The van der Waals surface area contributed by atoms with Crippen molar-refractivity contribution >= 4 is 61.4 Å². The summed E-state index contributed by atoms with van der Waals surface area (Å²) in [5.74, 6) is 5.45. The van der Waals surface area contributed by atoms with Crippen LogP contribution in [0.15, 0.2) is 108 Å². The fraction of sp³-hybridized carbons (Fsp3) is 0.167. The predicted octanol–water partition coefficient (Wildman–Crippen LogP) is 6.97. The second-order valence-corrected chi connectivity index (χ2v) is 16.0. The lowest BCUT2D eigenvalue weighted by molar-refractivity contribution is -0.145. The van der Waals surface area contributed by atoms with Gasteiger partial charge in [-0.3, -0.25) is 23.7 Å². The molecule has 1 aliphatic heterocycles. The summed E-state index contributed by atoms with van der Waals surface area (Å²) in [6.45, 7) is 1.89. The molecule has 0 fully saturated rings. The van der Waals surface area contributed by atoms with Crippen molar-refractivity contribution in [2.24, 2.45) is 0 Å². The van der Waals surface area contributed by atoms with Crippen molar-refractivity contribution < 1.29 is 33.0 Å². The molecule has 0 radical (unpaired) electrons. The van der Waals surface area contributed by atoms with Gasteiger partial charge in [-0.1, -0.05) is 42.2 Å². The minimum atomic E-state index is -0.683. The van der Waals surface area contributed by atoms with Crippen molar-refractivity contribution in [3.8, 4) is 29.0 Å². The molecule has 1 aliphatic rings. The molecule has 3 N–H and O–H groups in total. The Hall–Kier alpha value is -8.03. The van der Waals surface area contributed by atoms with Crippen molar-refractivity contribution in [2.75, 3.05) is 26.5 Å². The number of para-hydroxylation sites is 1. The molecule has 14 nitrogen and oxygen atoms in total. The number of amides is 2. The average molecular weight is 876 g/mol. The van der Waals surface area contributed by atoms with Crippen LogP contribution in [-0.2, 0) is 22.7 Å². The molecule has 0 bridgehead atoms. The highest BCUT2D eigenvalue weighted by atomic mass is 32.1. The molecular weight excluding hydrogens is 838 g/mol. The second kappa shape index (κ2) is 17.0. The Balaban J connectivity index is 0.918. The summed E-state index contributed by atoms with van der Waals surface area (Å²) in [4.78, 5) is 60.8. The van der Waals surface area contributed by atoms with Crippen LogP contribution in [0.4, 0.5) is 10.2 Å². The van der Waals surface area contributed by atoms with Gasteiger partial charge in [-0.25, -0.2) is 13.9 Å². The van der Waals surface area contributed by atoms with Gasteiger partial charge in [-0.05, 0) is 66.9 Å². The summed E-state index contributed by atoms with van der Waals surface area (Å²) in [6, 6.07) is 25.1. The first-order valence-electron chi connectivity index (χ1n) is 20.1. The number of hydrogen-bond donors (Lipinski definition) is 2. The van der Waals surface area contributed by atoms with Crippen molar-refractivity contribution in [3.05, 3.63) is 158 Å². The quantitative estimate of drug-likeness (QED) is 0.102. The van der Waals surface area contributed by atoms with Crippen molar-refractivity contribution in [2.45, 2.75) is 32.5 Å². The van der Waals surface area contributed by atoms with E-state index in [9.17, 15) is 19.2 Å². The average Bonchev–Trinajstić information content (AvgIpc) is 3.94. The second-order valence-electron chi connectivity index (χ2n) is 15.0. The predicted molar refractivity (Wildman–Crippen MR) is 239 cm³/mol. The first kappa shape index (κ1) is 41.3. The summed E-state index contributed by atoms with van der Waals surface area (Å²) in [7, 11) is 3.11. The van der Waals surface area contributed by atoms with E-state index in [0.29, 0.717) is 61.8 Å². The number of ether oxygens (including phenoxy) is 3. The number of thiophene rings is 1. The van der Waals surface area contributed by atoms with Gasteiger partial charge in [0.1, 0.15) is 18.0 Å². The molecule has 1 unspecified atom stereocenters. The fourth-order valence-corrected chi connectivity index (χ4v) is 9.06. The van der Waals surface area contributed by atoms with Crippen LogP contribution < -0.4 is 26.1 Å². The number of nitrogens with zero attached hydrogens (tertiary/aromatic N) is 5. The highest BCUT2D eigenvalue weighted by Crippen LogP contribution is 2.42. The highest BCUT2D eigenvalue weighted by molar-refractivity contribution is 7.21. The first-order valence-corrected chi connectivity index (χ1v) is 20.9. The maximum Gasteiger partial charge on any atom is 0.307 e. The maximum absolute atomic E-state index is 15.0. The number of pyridine rings is 1. The first-order chi connectivity index (χ1) is 31.0. The van der Waals surface area contributed by atoms with Gasteiger partial charge in [0.15, 0.2) is 23.0 Å². The van der Waals surface area contributed by atoms with Crippen LogP contribution in [0.5, 0.6) is 11.5 Å². The van der Waals surface area contributed by atoms with Crippen molar-refractivity contribution in [1.29, 1.82) is 0 Å². The monoisotopic (exact) mass is 875 g/mol. The number of nitrogens with one attached hydrogen (secondary N) is 1. The van der Waals surface area contributed by atoms with E-state index in [2.05, 4.69) is 27.2 Å². The van der Waals surface area contributed by atoms with E-state index >= 15 is 4.39 Å². The normalized spacial score (nSPS) is 12.6. The van der Waals surface area contributed by atoms with E-state index in [1.54, 1.807) is 74.8 Å². The third-order valence-corrected chi connectivity index (χ3v) is 12.2. The lowest BCUT2D eigenvalue weighted by atomic mass is 10.0. The minimum Gasteiger partial charge on any atom is -0.493 e. The van der Waals surface area contributed by atoms with Gasteiger partial charge < -0.3 is 30.2 Å². The van der Waals surface area contributed by atoms with Gasteiger partial charge in [0, 0.05) is 75.3 Å². The molecule has 4 aromatic heterocycles. The van der Waals surface area contributed by atoms with Crippen LogP contribution in [-0.4, -0.2) is 62.6 Å². The number of nitrogen functional groups attached to an aromatic ring is 1. The third kappa shape index (κ3) is 7.62. The summed E-state index contributed by atoms with van der Waals surface area (Å²) < 4.78 is 35.2. The number of halogens is 1. The molecule has 0 spiro atoms. The molecule has 64 heavy (non-hydrogen) atoms. The molecule has 0 aliphatic carbocycles. The molecule has 320 valence electrons. The molecule has 4 aromatic carbocycles. The van der Waals surface area contributed by atoms with Gasteiger partial charge in [-0.15, -0.1) is 16.4 Å². The number of methoxy groups -OCH3 is 2. The van der Waals surface area contributed by atoms with Crippen LogP contribution in [0.2, 0.25) is 0 Å². The number of anilines is 1. The van der Waals surface area contributed by atoms with Gasteiger partial charge in [-0.2, -0.15) is 0 Å². The van der Waals surface area contributed by atoms with Gasteiger partial charge in [0.25, 0.3) is 17.4 Å². The largest absolute Gasteiger partial charge is 0.493 e. The van der Waals surface area contributed by atoms with E-state index in [4.69, 9.17) is 19.9 Å². The molecule has 16 heteroatoms. The smallest absolute Gasteiger partial charge is 0.307 e. The zero-order valence-corrected chi connectivity index (χ0v) is 35.5. The number of esters is 1. The standard InChI is InChI=1S/C48H38FN7O7S/c1-27(52-46(58)42-44(50)53-55-19-8-18-51-45(42)55)36-22-30-10-7-9-29(41(30)47(59)56(36)32-11-5-4-6-12-32)15-13-28-14-16-35(49)31(21-28)26-63-40(57)17-20-54-25-34-33-23-37(61-2)38(62-3)24-39(33)64-43(34)48(54)60/h4-12,14,16,18-19,21-24,27H,17,20,25-26H2,1-3H3,(H2,50,53)(H,52,58). The van der Waals surface area contributed by atoms with Crippen LogP contribution in [0.1, 0.15) is 67.4 Å². The molecule has 8 aromatic rings. The van der Waals surface area contributed by atoms with E-state index in [0.717, 1.165) is 15.6 Å². The van der Waals surface area contributed by atoms with E-state index in [-0.39, 0.29) is 48.0 Å². The number of aromatic nitrogens is 4. The van der Waals surface area contributed by atoms with Crippen LogP contribution in [0.3, 0.4) is 0 Å². The number of carbonyl (C=O) groups excluding carboxylic acids is 3. The number of benzene rings is 4. The van der Waals surface area contributed by atoms with Crippen LogP contribution >= 0.6 is 11.3 Å². The minimum absolute atomic E-state index is 0.0169. The van der Waals surface area contributed by atoms with E-state index in [1.165, 1.54) is 38.6 Å². The van der Waals surface area contributed by atoms with E-state index in [1.807, 2.05) is 36.4 Å². The Morgan fingerprint density at radius 3 is 2.56 bits per heavy atom. The molecule has 2 amide bonds. The zero-order valence-electron chi connectivity index (χ0n) is 34.7. The zero-order chi connectivity index (χ0) is 44.6. The van der Waals surface area contributed by atoms with Gasteiger partial charge in [0.05, 0.1) is 36.9 Å². The number of nitrogens with two attached hydrogens (primary N) is 1. The summed E-state index contributed by atoms with van der Waals surface area (Å²) >= 11 is 1.37. The Kier molecular flexibility index (Phi) is 11.0. The fourth-order valence-electron chi connectivity index (χ4n) is 7.86. The van der Waals surface area contributed by atoms with Crippen molar-refractivity contribution in [1.82, 2.24) is 29.4 Å². The molecule has 5 heterocycles. The summed E-state index contributed by atoms with van der Waals surface area (Å²) in [5, 5.41) is 8.99.